The number of nitrogens with two attached hydrogens (primary N) is 3. The van der Waals surface area contributed by atoms with Crippen LogP contribution in [0, 0.1) is 0 Å². The van der Waals surface area contributed by atoms with Crippen molar-refractivity contribution in [2.24, 2.45) is 17.2 Å². The second-order valence-electron chi connectivity index (χ2n) is 22.8. The lowest BCUT2D eigenvalue weighted by Crippen LogP contribution is -2.65. The third-order valence-corrected chi connectivity index (χ3v) is 15.4. The second kappa shape index (κ2) is 45.5. The number of aliphatic carboxylic acids is 1. The van der Waals surface area contributed by atoms with Gasteiger partial charge >= 0.3 is 17.9 Å². The van der Waals surface area contributed by atoms with Crippen molar-refractivity contribution in [2.75, 3.05) is 39.2 Å². The summed E-state index contributed by atoms with van der Waals surface area (Å²) in [6.45, 7) is 2.51. The average molecular weight is 1370 g/mol. The van der Waals surface area contributed by atoms with E-state index in [1.807, 2.05) is 0 Å². The van der Waals surface area contributed by atoms with E-state index in [-0.39, 0.29) is 45.2 Å². The van der Waals surface area contributed by atoms with Crippen LogP contribution in [0.4, 0.5) is 0 Å². The van der Waals surface area contributed by atoms with Gasteiger partial charge in [0.05, 0.1) is 44.1 Å². The molecule has 34 heteroatoms. The SMILES string of the molecule is C/C=C1/NC(=O)C([C@H](C)O)NC(=O)[C@H](CCN)NC(=O)C([C@H](O)C(=O)N[C@@H](Cc2ccccc2)C(=O)OC)NC(=O)C(CCCCN)NC(=O)[C@H](CC(=O)O)NC(=O)C(CCN)NC(=O)C(NC(=O)C[C@H](O)CCCCCCCCCCC)COC(=O)C([C@H](O)CCl)NC1=O. The minimum Gasteiger partial charge on any atom is -0.481 e. The molecule has 10 amide bonds. The zero-order valence-corrected chi connectivity index (χ0v) is 55.0. The number of aliphatic hydroxyl groups is 4. The number of benzene rings is 1. The Bertz CT molecular complexity index is 2710. The number of hydrogen-bond acceptors (Lipinski definition) is 22. The van der Waals surface area contributed by atoms with Crippen molar-refractivity contribution >= 4 is 88.6 Å². The van der Waals surface area contributed by atoms with Gasteiger partial charge in [0.15, 0.2) is 12.1 Å². The summed E-state index contributed by atoms with van der Waals surface area (Å²) in [7, 11) is 1.00. The summed E-state index contributed by atoms with van der Waals surface area (Å²) in [5.41, 5.74) is 17.2. The first-order chi connectivity index (χ1) is 45.2. The average Bonchev–Trinajstić information content (AvgIpc) is 0.913. The maximum Gasteiger partial charge on any atom is 0.331 e. The smallest absolute Gasteiger partial charge is 0.331 e. The molecular formula is C61H98ClN13O20. The van der Waals surface area contributed by atoms with Crippen LogP contribution in [-0.4, -0.2) is 221 Å². The first-order valence-corrected chi connectivity index (χ1v) is 32.3. The van der Waals surface area contributed by atoms with Gasteiger partial charge in [-0.2, -0.15) is 0 Å². The standard InChI is InChI=1S/C61H98ClN13O20/c1-5-7-8-9-10-11-12-13-17-22-36(77)30-45(79)66-43-33-95-61(93)48(44(78)32-62)74-51(83)37(6-2)67-57(89)47(34(3)76)73-54(86)40(25-28-65)70-58(90)49(50(82)59(91)72-42(60(92)94-4)29-35-20-15-14-16-21-35)75-53(85)38(23-18-19-26-63)68-55(87)41(31-46(80)81)71-52(84)39(24-27-64)69-56(43)88/h6,14-16,20-21,34,36,38-44,47-50,76-78,82H,5,7-13,17-19,22-33,63-65H2,1-4H3,(H,66,79)(H,67,89)(H,68,87)(H,69,88)(H,70,90)(H,71,84)(H,72,91)(H,73,86)(H,74,83)(H,75,85)(H,80,81)/b37-6+/t34-,36+,38?,39?,40-,41-,42-,43?,44+,47?,48?,49?,50-/m0/s1. The number of amides is 10. The number of carboxylic acids is 1. The van der Waals surface area contributed by atoms with Crippen LogP contribution >= 0.6 is 11.6 Å². The number of ether oxygens (including phenoxy) is 2. The third-order valence-electron chi connectivity index (χ3n) is 15.1. The molecule has 1 fully saturated rings. The van der Waals surface area contributed by atoms with E-state index in [0.717, 1.165) is 71.5 Å². The molecule has 0 aromatic heterocycles. The molecule has 0 spiro atoms. The fraction of sp³-hybridized carbons (Fsp3) is 0.656. The van der Waals surface area contributed by atoms with Gasteiger partial charge < -0.3 is 105 Å². The number of methoxy groups -OCH3 is 1. The van der Waals surface area contributed by atoms with E-state index in [4.69, 9.17) is 38.3 Å². The highest BCUT2D eigenvalue weighted by Crippen LogP contribution is 2.15. The van der Waals surface area contributed by atoms with Crippen molar-refractivity contribution < 1.29 is 97.3 Å². The van der Waals surface area contributed by atoms with Gasteiger partial charge in [-0.3, -0.25) is 52.7 Å². The molecular weight excluding hydrogens is 1270 g/mol. The summed E-state index contributed by atoms with van der Waals surface area (Å²) in [6.07, 6.45) is -0.923. The van der Waals surface area contributed by atoms with Crippen molar-refractivity contribution in [2.45, 2.75) is 215 Å². The molecule has 2 rings (SSSR count). The summed E-state index contributed by atoms with van der Waals surface area (Å²) in [6, 6.07) is -9.65. The van der Waals surface area contributed by atoms with Gasteiger partial charge in [-0.1, -0.05) is 101 Å². The monoisotopic (exact) mass is 1370 g/mol. The number of nitrogens with one attached hydrogen (secondary N) is 10. The molecule has 1 aromatic carbocycles. The van der Waals surface area contributed by atoms with Crippen molar-refractivity contribution in [3.63, 3.8) is 0 Å². The number of carbonyl (C=O) groups is 13. The Kier molecular flexibility index (Phi) is 39.8. The van der Waals surface area contributed by atoms with E-state index in [1.54, 1.807) is 30.3 Å². The normalized spacial score (nSPS) is 23.1. The van der Waals surface area contributed by atoms with E-state index in [1.165, 1.54) is 6.92 Å². The summed E-state index contributed by atoms with van der Waals surface area (Å²) in [5, 5.41) is 76.9. The van der Waals surface area contributed by atoms with Crippen LogP contribution < -0.4 is 70.4 Å². The molecule has 1 aliphatic rings. The van der Waals surface area contributed by atoms with Crippen LogP contribution in [-0.2, 0) is 78.2 Å². The number of rotatable bonds is 32. The van der Waals surface area contributed by atoms with Crippen molar-refractivity contribution in [3.8, 4) is 0 Å². The van der Waals surface area contributed by atoms with E-state index in [2.05, 4.69) is 60.1 Å². The second-order valence-corrected chi connectivity index (χ2v) is 23.1. The Morgan fingerprint density at radius 2 is 1.20 bits per heavy atom. The summed E-state index contributed by atoms with van der Waals surface area (Å²) in [4.78, 5) is 181. The molecule has 1 heterocycles. The maximum absolute atomic E-state index is 14.6. The lowest BCUT2D eigenvalue weighted by molar-refractivity contribution is -0.153. The number of aliphatic hydroxyl groups excluding tert-OH is 4. The van der Waals surface area contributed by atoms with Crippen LogP contribution in [0.15, 0.2) is 42.1 Å². The highest BCUT2D eigenvalue weighted by molar-refractivity contribution is 6.18. The number of esters is 2. The number of carboxylic acid groups (broad SMARTS) is 1. The number of hydrogen-bond donors (Lipinski definition) is 18. The van der Waals surface area contributed by atoms with Gasteiger partial charge in [-0.15, -0.1) is 11.6 Å². The lowest BCUT2D eigenvalue weighted by Gasteiger charge is -2.30. The van der Waals surface area contributed by atoms with Crippen LogP contribution in [0.1, 0.15) is 135 Å². The van der Waals surface area contributed by atoms with E-state index < -0.39 is 206 Å². The molecule has 6 unspecified atom stereocenters. The fourth-order valence-electron chi connectivity index (χ4n) is 9.68. The minimum atomic E-state index is -2.69. The topological polar surface area (TPSA) is 540 Å². The Morgan fingerprint density at radius 1 is 0.663 bits per heavy atom. The van der Waals surface area contributed by atoms with Crippen LogP contribution in [0.5, 0.6) is 0 Å². The van der Waals surface area contributed by atoms with E-state index in [0.29, 0.717) is 12.0 Å². The molecule has 95 heavy (non-hydrogen) atoms. The third kappa shape index (κ3) is 30.6. The Labute approximate surface area is 556 Å². The summed E-state index contributed by atoms with van der Waals surface area (Å²) >= 11 is 5.94. The van der Waals surface area contributed by atoms with Crippen molar-refractivity contribution in [1.29, 1.82) is 0 Å². The first-order valence-electron chi connectivity index (χ1n) is 31.8. The van der Waals surface area contributed by atoms with Crippen molar-refractivity contribution in [3.05, 3.63) is 47.7 Å². The first kappa shape index (κ1) is 83.2. The number of alkyl halides is 1. The summed E-state index contributed by atoms with van der Waals surface area (Å²) in [5.74, 6) is -18.2. The van der Waals surface area contributed by atoms with Crippen LogP contribution in [0.25, 0.3) is 0 Å². The van der Waals surface area contributed by atoms with Gasteiger partial charge in [0.2, 0.25) is 47.3 Å². The number of halogens is 1. The predicted molar refractivity (Wildman–Crippen MR) is 342 cm³/mol. The van der Waals surface area contributed by atoms with Gasteiger partial charge in [-0.25, -0.2) is 9.59 Å². The Balaban J connectivity index is 2.87. The molecule has 1 aromatic rings. The van der Waals surface area contributed by atoms with E-state index >= 15 is 0 Å². The highest BCUT2D eigenvalue weighted by Gasteiger charge is 2.41. The van der Waals surface area contributed by atoms with Gasteiger partial charge in [0.1, 0.15) is 60.6 Å². The zero-order chi connectivity index (χ0) is 71.2. The van der Waals surface area contributed by atoms with Gasteiger partial charge in [-0.05, 0) is 77.6 Å². The number of unbranched alkanes of at least 4 members (excludes halogenated alkanes) is 9. The molecule has 21 N–H and O–H groups in total. The zero-order valence-electron chi connectivity index (χ0n) is 54.2. The Morgan fingerprint density at radius 3 is 1.75 bits per heavy atom. The van der Waals surface area contributed by atoms with Gasteiger partial charge in [0.25, 0.3) is 11.8 Å². The van der Waals surface area contributed by atoms with Crippen LogP contribution in [0.3, 0.4) is 0 Å². The minimum absolute atomic E-state index is 0.0197. The maximum atomic E-state index is 14.6. The number of allylic oxidation sites excluding steroid dienone is 1. The molecule has 0 saturated carbocycles. The highest BCUT2D eigenvalue weighted by atomic mass is 35.5. The fourth-order valence-corrected chi connectivity index (χ4v) is 9.86. The number of cyclic esters (lactones) is 1. The molecule has 0 bridgehead atoms. The largest absolute Gasteiger partial charge is 0.481 e. The molecule has 0 radical (unpaired) electrons. The summed E-state index contributed by atoms with van der Waals surface area (Å²) < 4.78 is 10.2. The van der Waals surface area contributed by atoms with Crippen LogP contribution in [0.2, 0.25) is 0 Å². The lowest BCUT2D eigenvalue weighted by atomic mass is 10.0. The Hall–Kier alpha value is -7.92. The molecule has 1 saturated heterocycles. The number of carbonyl (C=O) groups excluding carboxylic acids is 12. The molecule has 534 valence electrons. The quantitative estimate of drug-likeness (QED) is 0.0140. The van der Waals surface area contributed by atoms with Crippen molar-refractivity contribution in [1.82, 2.24) is 53.2 Å². The van der Waals surface area contributed by atoms with Gasteiger partial charge in [0, 0.05) is 6.42 Å². The molecule has 1 aliphatic heterocycles. The van der Waals surface area contributed by atoms with E-state index in [9.17, 15) is 87.9 Å². The molecule has 13 atom stereocenters. The predicted octanol–water partition coefficient (Wildman–Crippen LogP) is -4.34. The molecule has 0 aliphatic carbocycles. The molecule has 33 nitrogen and oxygen atoms in total.